The van der Waals surface area contributed by atoms with Gasteiger partial charge in [0, 0.05) is 0 Å². The maximum absolute atomic E-state index is 10.5. The molecule has 0 unspecified atom stereocenters. The Morgan fingerprint density at radius 2 is 1.71 bits per heavy atom. The van der Waals surface area contributed by atoms with Gasteiger partial charge in [-0.15, -0.1) is 0 Å². The van der Waals surface area contributed by atoms with Crippen molar-refractivity contribution in [1.82, 2.24) is 0 Å². The fourth-order valence-electron chi connectivity index (χ4n) is 2.28. The van der Waals surface area contributed by atoms with Gasteiger partial charge in [0.2, 0.25) is 0 Å². The van der Waals surface area contributed by atoms with Gasteiger partial charge in [-0.3, -0.25) is 0 Å². The molecule has 14 heavy (non-hydrogen) atoms. The van der Waals surface area contributed by atoms with Gasteiger partial charge in [0.15, 0.2) is 0 Å². The number of benzene rings is 1. The van der Waals surface area contributed by atoms with Gasteiger partial charge in [-0.1, -0.05) is 37.3 Å². The average molecular weight is 190 g/mol. The van der Waals surface area contributed by atoms with Gasteiger partial charge in [-0.05, 0) is 37.2 Å². The second-order valence-electron chi connectivity index (χ2n) is 4.58. The Morgan fingerprint density at radius 3 is 2.29 bits per heavy atom. The van der Waals surface area contributed by atoms with E-state index in [0.29, 0.717) is 0 Å². The molecule has 1 saturated carbocycles. The van der Waals surface area contributed by atoms with Crippen LogP contribution < -0.4 is 0 Å². The van der Waals surface area contributed by atoms with Crippen molar-refractivity contribution in [3.63, 3.8) is 0 Å². The molecule has 1 aromatic rings. The topological polar surface area (TPSA) is 20.2 Å². The summed E-state index contributed by atoms with van der Waals surface area (Å²) >= 11 is 0. The molecule has 76 valence electrons. The van der Waals surface area contributed by atoms with Crippen LogP contribution in [0.15, 0.2) is 30.3 Å². The van der Waals surface area contributed by atoms with Gasteiger partial charge in [0.05, 0.1) is 5.60 Å². The first-order valence-electron chi connectivity index (χ1n) is 5.49. The van der Waals surface area contributed by atoms with Gasteiger partial charge in [0.1, 0.15) is 0 Å². The summed E-state index contributed by atoms with van der Waals surface area (Å²) in [7, 11) is 0. The van der Waals surface area contributed by atoms with Gasteiger partial charge in [0.25, 0.3) is 0 Å². The molecule has 0 heterocycles. The average Bonchev–Trinajstić information content (AvgIpc) is 2.24. The van der Waals surface area contributed by atoms with Crippen LogP contribution in [0.1, 0.15) is 38.2 Å². The minimum atomic E-state index is -0.548. The number of hydrogen-bond acceptors (Lipinski definition) is 1. The number of aliphatic hydroxyl groups is 1. The van der Waals surface area contributed by atoms with E-state index in [1.54, 1.807) is 0 Å². The SMILES string of the molecule is C[C@H]1CC[C@](O)(c2ccccc2)CC1. The fraction of sp³-hybridized carbons (Fsp3) is 0.538. The Morgan fingerprint density at radius 1 is 1.14 bits per heavy atom. The van der Waals surface area contributed by atoms with Crippen molar-refractivity contribution >= 4 is 0 Å². The summed E-state index contributed by atoms with van der Waals surface area (Å²) < 4.78 is 0. The zero-order chi connectivity index (χ0) is 10.0. The highest BCUT2D eigenvalue weighted by Gasteiger charge is 2.32. The van der Waals surface area contributed by atoms with Gasteiger partial charge in [-0.25, -0.2) is 0 Å². The molecule has 0 saturated heterocycles. The van der Waals surface area contributed by atoms with E-state index in [1.165, 1.54) is 0 Å². The first kappa shape index (κ1) is 9.72. The standard InChI is InChI=1S/C13H18O/c1-11-7-9-13(14,10-8-11)12-5-3-2-4-6-12/h2-6,11,14H,7-10H2,1H3/t11-,13+. The second kappa shape index (κ2) is 3.74. The summed E-state index contributed by atoms with van der Waals surface area (Å²) in [6.45, 7) is 2.27. The molecule has 0 radical (unpaired) electrons. The molecule has 0 spiro atoms. The molecular weight excluding hydrogens is 172 g/mol. The van der Waals surface area contributed by atoms with Crippen LogP contribution in [0.5, 0.6) is 0 Å². The highest BCUT2D eigenvalue weighted by Crippen LogP contribution is 2.38. The van der Waals surface area contributed by atoms with E-state index in [2.05, 4.69) is 6.92 Å². The second-order valence-corrected chi connectivity index (χ2v) is 4.58. The molecule has 0 aliphatic heterocycles. The molecular formula is C13H18O. The zero-order valence-corrected chi connectivity index (χ0v) is 8.74. The van der Waals surface area contributed by atoms with Crippen molar-refractivity contribution in [2.24, 2.45) is 5.92 Å². The first-order chi connectivity index (χ1) is 6.71. The van der Waals surface area contributed by atoms with Crippen LogP contribution in [0.2, 0.25) is 0 Å². The maximum atomic E-state index is 10.5. The smallest absolute Gasteiger partial charge is 0.0896 e. The molecule has 1 aromatic carbocycles. The van der Waals surface area contributed by atoms with Gasteiger partial charge >= 0.3 is 0 Å². The third kappa shape index (κ3) is 1.83. The van der Waals surface area contributed by atoms with Crippen LogP contribution in [-0.2, 0) is 5.60 Å². The molecule has 1 aliphatic rings. The van der Waals surface area contributed by atoms with Gasteiger partial charge in [-0.2, -0.15) is 0 Å². The van der Waals surface area contributed by atoms with Crippen LogP contribution >= 0.6 is 0 Å². The Bertz CT molecular complexity index is 283. The van der Waals surface area contributed by atoms with Crippen molar-refractivity contribution in [2.75, 3.05) is 0 Å². The number of hydrogen-bond donors (Lipinski definition) is 1. The predicted molar refractivity (Wildman–Crippen MR) is 58.0 cm³/mol. The monoisotopic (exact) mass is 190 g/mol. The van der Waals surface area contributed by atoms with Crippen molar-refractivity contribution in [3.05, 3.63) is 35.9 Å². The Labute approximate surface area is 85.8 Å². The Balaban J connectivity index is 2.17. The summed E-state index contributed by atoms with van der Waals surface area (Å²) in [6, 6.07) is 10.1. The molecule has 1 N–H and O–H groups in total. The minimum Gasteiger partial charge on any atom is -0.385 e. The maximum Gasteiger partial charge on any atom is 0.0896 e. The molecule has 0 atom stereocenters. The lowest BCUT2D eigenvalue weighted by Gasteiger charge is -2.35. The summed E-state index contributed by atoms with van der Waals surface area (Å²) in [5.74, 6) is 0.777. The van der Waals surface area contributed by atoms with Crippen molar-refractivity contribution in [3.8, 4) is 0 Å². The van der Waals surface area contributed by atoms with E-state index >= 15 is 0 Å². The lowest BCUT2D eigenvalue weighted by atomic mass is 9.76. The highest BCUT2D eigenvalue weighted by atomic mass is 16.3. The molecule has 1 nitrogen and oxygen atoms in total. The molecule has 1 fully saturated rings. The van der Waals surface area contributed by atoms with Crippen LogP contribution in [-0.4, -0.2) is 5.11 Å². The third-order valence-electron chi connectivity index (χ3n) is 3.41. The van der Waals surface area contributed by atoms with E-state index in [9.17, 15) is 5.11 Å². The van der Waals surface area contributed by atoms with E-state index in [-0.39, 0.29) is 0 Å². The van der Waals surface area contributed by atoms with Crippen molar-refractivity contribution < 1.29 is 5.11 Å². The first-order valence-corrected chi connectivity index (χ1v) is 5.49. The summed E-state index contributed by atoms with van der Waals surface area (Å²) in [5.41, 5.74) is 0.542. The molecule has 0 aromatic heterocycles. The van der Waals surface area contributed by atoms with Crippen molar-refractivity contribution in [2.45, 2.75) is 38.2 Å². The summed E-state index contributed by atoms with van der Waals surface area (Å²) in [6.07, 6.45) is 4.12. The Kier molecular flexibility index (Phi) is 2.60. The Hall–Kier alpha value is -0.820. The van der Waals surface area contributed by atoms with E-state index in [1.807, 2.05) is 30.3 Å². The van der Waals surface area contributed by atoms with E-state index in [0.717, 1.165) is 37.2 Å². The molecule has 0 amide bonds. The van der Waals surface area contributed by atoms with Crippen LogP contribution in [0.3, 0.4) is 0 Å². The lowest BCUT2D eigenvalue weighted by Crippen LogP contribution is -2.30. The molecule has 2 rings (SSSR count). The van der Waals surface area contributed by atoms with E-state index < -0.39 is 5.60 Å². The largest absolute Gasteiger partial charge is 0.385 e. The van der Waals surface area contributed by atoms with Gasteiger partial charge < -0.3 is 5.11 Å². The quantitative estimate of drug-likeness (QED) is 0.721. The predicted octanol–water partition coefficient (Wildman–Crippen LogP) is 3.08. The lowest BCUT2D eigenvalue weighted by molar-refractivity contribution is -0.0120. The normalized spacial score (nSPS) is 32.9. The molecule has 1 heteroatoms. The minimum absolute atomic E-state index is 0.548. The fourth-order valence-corrected chi connectivity index (χ4v) is 2.28. The molecule has 0 bridgehead atoms. The zero-order valence-electron chi connectivity index (χ0n) is 8.74. The number of rotatable bonds is 1. The van der Waals surface area contributed by atoms with Crippen molar-refractivity contribution in [1.29, 1.82) is 0 Å². The van der Waals surface area contributed by atoms with Crippen LogP contribution in [0.4, 0.5) is 0 Å². The van der Waals surface area contributed by atoms with Crippen LogP contribution in [0, 0.1) is 5.92 Å². The summed E-state index contributed by atoms with van der Waals surface area (Å²) in [4.78, 5) is 0. The molecule has 1 aliphatic carbocycles. The van der Waals surface area contributed by atoms with Crippen LogP contribution in [0.25, 0.3) is 0 Å². The highest BCUT2D eigenvalue weighted by molar-refractivity contribution is 5.22. The van der Waals surface area contributed by atoms with E-state index in [4.69, 9.17) is 0 Å². The summed E-state index contributed by atoms with van der Waals surface area (Å²) in [5, 5.41) is 10.5. The third-order valence-corrected chi connectivity index (χ3v) is 3.41.